The van der Waals surface area contributed by atoms with Crippen LogP contribution in [0, 0.1) is 16.0 Å². The molecule has 0 spiro atoms. The topological polar surface area (TPSA) is 111 Å². The van der Waals surface area contributed by atoms with Crippen molar-refractivity contribution in [2.45, 2.75) is 25.8 Å². The first kappa shape index (κ1) is 20.6. The molecule has 1 N–H and O–H groups in total. The number of hydrogen-bond acceptors (Lipinski definition) is 6. The van der Waals surface area contributed by atoms with Crippen molar-refractivity contribution in [3.05, 3.63) is 57.1 Å². The van der Waals surface area contributed by atoms with E-state index >= 15 is 0 Å². The van der Waals surface area contributed by atoms with Gasteiger partial charge < -0.3 is 19.7 Å². The Morgan fingerprint density at radius 1 is 1.10 bits per heavy atom. The molecule has 1 fully saturated rings. The van der Waals surface area contributed by atoms with Crippen LogP contribution >= 0.6 is 0 Å². The molecule has 0 aromatic heterocycles. The number of nitro benzene ring substituents is 1. The molecule has 1 aliphatic heterocycles. The van der Waals surface area contributed by atoms with Crippen molar-refractivity contribution < 1.29 is 24.0 Å². The Hall–Kier alpha value is -3.62. The molecule has 9 nitrogen and oxygen atoms in total. The lowest BCUT2D eigenvalue weighted by Crippen LogP contribution is -2.36. The second-order valence-corrected chi connectivity index (χ2v) is 7.70. The molecule has 2 aromatic carbocycles. The van der Waals surface area contributed by atoms with Crippen molar-refractivity contribution in [2.24, 2.45) is 5.92 Å². The Morgan fingerprint density at radius 3 is 2.45 bits per heavy atom. The van der Waals surface area contributed by atoms with E-state index in [0.717, 1.165) is 30.4 Å². The Kier molecular flexibility index (Phi) is 5.50. The van der Waals surface area contributed by atoms with Crippen LogP contribution in [-0.4, -0.2) is 42.4 Å². The van der Waals surface area contributed by atoms with Gasteiger partial charge in [-0.05, 0) is 42.5 Å². The zero-order valence-corrected chi connectivity index (χ0v) is 17.3. The van der Waals surface area contributed by atoms with E-state index in [1.807, 2.05) is 17.0 Å². The van der Waals surface area contributed by atoms with Gasteiger partial charge in [-0.2, -0.15) is 0 Å². The van der Waals surface area contributed by atoms with Crippen LogP contribution < -0.4 is 14.8 Å². The smallest absolute Gasteiger partial charge is 0.286 e. The summed E-state index contributed by atoms with van der Waals surface area (Å²) in [7, 11) is 2.76. The maximum atomic E-state index is 12.9. The van der Waals surface area contributed by atoms with Gasteiger partial charge in [-0.1, -0.05) is 6.07 Å². The third-order valence-electron chi connectivity index (χ3n) is 5.66. The number of rotatable bonds is 6. The Morgan fingerprint density at radius 2 is 1.81 bits per heavy atom. The van der Waals surface area contributed by atoms with Gasteiger partial charge in [0.05, 0.1) is 25.2 Å². The van der Waals surface area contributed by atoms with Crippen molar-refractivity contribution in [1.29, 1.82) is 0 Å². The van der Waals surface area contributed by atoms with Gasteiger partial charge in [0.15, 0.2) is 11.5 Å². The maximum absolute atomic E-state index is 12.9. The molecule has 2 aliphatic rings. The number of hydrogen-bond donors (Lipinski definition) is 1. The third kappa shape index (κ3) is 4.16. The monoisotopic (exact) mass is 425 g/mol. The maximum Gasteiger partial charge on any atom is 0.286 e. The number of ether oxygens (including phenoxy) is 2. The molecule has 1 heterocycles. The van der Waals surface area contributed by atoms with E-state index in [9.17, 15) is 19.7 Å². The van der Waals surface area contributed by atoms with Crippen LogP contribution in [0.1, 0.15) is 34.3 Å². The molecular weight excluding hydrogens is 402 g/mol. The third-order valence-corrected chi connectivity index (χ3v) is 5.66. The van der Waals surface area contributed by atoms with Gasteiger partial charge >= 0.3 is 0 Å². The normalized spacial score (nSPS) is 15.1. The van der Waals surface area contributed by atoms with Crippen molar-refractivity contribution in [2.75, 3.05) is 26.1 Å². The molecule has 0 radical (unpaired) electrons. The number of amides is 2. The first-order chi connectivity index (χ1) is 14.9. The molecule has 31 heavy (non-hydrogen) atoms. The second kappa shape index (κ2) is 8.25. The van der Waals surface area contributed by atoms with Crippen molar-refractivity contribution in [1.82, 2.24) is 4.90 Å². The fourth-order valence-electron chi connectivity index (χ4n) is 3.81. The number of carbonyl (C=O) groups is 2. The van der Waals surface area contributed by atoms with Crippen LogP contribution in [0.3, 0.4) is 0 Å². The van der Waals surface area contributed by atoms with Crippen LogP contribution in [0.25, 0.3) is 0 Å². The Balaban J connectivity index is 1.57. The molecule has 0 saturated heterocycles. The highest BCUT2D eigenvalue weighted by atomic mass is 16.6. The van der Waals surface area contributed by atoms with E-state index in [4.69, 9.17) is 9.47 Å². The van der Waals surface area contributed by atoms with E-state index in [2.05, 4.69) is 5.32 Å². The molecule has 0 atom stereocenters. The van der Waals surface area contributed by atoms with Crippen LogP contribution in [0.4, 0.5) is 11.4 Å². The van der Waals surface area contributed by atoms with Gasteiger partial charge in [0.25, 0.3) is 11.6 Å². The predicted octanol–water partition coefficient (Wildman–Crippen LogP) is 3.16. The largest absolute Gasteiger partial charge is 0.493 e. The summed E-state index contributed by atoms with van der Waals surface area (Å²) in [4.78, 5) is 38.0. The van der Waals surface area contributed by atoms with E-state index in [1.54, 1.807) is 6.07 Å². The summed E-state index contributed by atoms with van der Waals surface area (Å²) in [6.07, 6.45) is 2.69. The minimum Gasteiger partial charge on any atom is -0.493 e. The van der Waals surface area contributed by atoms with Crippen LogP contribution in [0.5, 0.6) is 11.5 Å². The van der Waals surface area contributed by atoms with Gasteiger partial charge in [0.1, 0.15) is 5.56 Å². The molecule has 0 bridgehead atoms. The Bertz CT molecular complexity index is 1060. The SMILES string of the molecule is COc1cc(C(=O)Nc2ccc3c(c2)CN(C(=O)C2CC2)CC3)c([N+](=O)[O-])cc1OC. The zero-order valence-electron chi connectivity index (χ0n) is 17.3. The van der Waals surface area contributed by atoms with Gasteiger partial charge in [-0.15, -0.1) is 0 Å². The number of benzene rings is 2. The average molecular weight is 425 g/mol. The number of fused-ring (bicyclic) bond motifs is 1. The van der Waals surface area contributed by atoms with Crippen molar-refractivity contribution >= 4 is 23.2 Å². The molecule has 2 amide bonds. The van der Waals surface area contributed by atoms with Gasteiger partial charge in [0.2, 0.25) is 5.91 Å². The molecule has 0 unspecified atom stereocenters. The number of nitrogens with zero attached hydrogens (tertiary/aromatic N) is 2. The van der Waals surface area contributed by atoms with Crippen LogP contribution in [-0.2, 0) is 17.8 Å². The lowest BCUT2D eigenvalue weighted by Gasteiger charge is -2.29. The summed E-state index contributed by atoms with van der Waals surface area (Å²) in [6, 6.07) is 7.98. The molecular formula is C22H23N3O6. The molecule has 4 rings (SSSR count). The number of nitro groups is 1. The summed E-state index contributed by atoms with van der Waals surface area (Å²) in [6.45, 7) is 1.21. The summed E-state index contributed by atoms with van der Waals surface area (Å²) in [5.41, 5.74) is 2.10. The zero-order chi connectivity index (χ0) is 22.1. The lowest BCUT2D eigenvalue weighted by atomic mass is 9.98. The fraction of sp³-hybridized carbons (Fsp3) is 0.364. The quantitative estimate of drug-likeness (QED) is 0.562. The van der Waals surface area contributed by atoms with Gasteiger partial charge in [0, 0.05) is 30.8 Å². The number of carbonyl (C=O) groups excluding carboxylic acids is 2. The van der Waals surface area contributed by atoms with Crippen molar-refractivity contribution in [3.63, 3.8) is 0 Å². The first-order valence-corrected chi connectivity index (χ1v) is 10.0. The minimum atomic E-state index is -0.634. The summed E-state index contributed by atoms with van der Waals surface area (Å²) in [5.74, 6) is 0.114. The predicted molar refractivity (Wildman–Crippen MR) is 112 cm³/mol. The highest BCUT2D eigenvalue weighted by Crippen LogP contribution is 2.35. The number of anilines is 1. The van der Waals surface area contributed by atoms with Gasteiger partial charge in [-0.25, -0.2) is 0 Å². The molecule has 2 aromatic rings. The number of nitrogens with one attached hydrogen (secondary N) is 1. The summed E-state index contributed by atoms with van der Waals surface area (Å²) < 4.78 is 10.3. The van der Waals surface area contributed by atoms with E-state index in [-0.39, 0.29) is 34.6 Å². The van der Waals surface area contributed by atoms with Crippen molar-refractivity contribution in [3.8, 4) is 11.5 Å². The van der Waals surface area contributed by atoms with E-state index in [0.29, 0.717) is 18.8 Å². The minimum absolute atomic E-state index is 0.133. The molecule has 9 heteroatoms. The standard InChI is InChI=1S/C22H23N3O6/c1-30-19-10-17(18(25(28)29)11-20(19)31-2)21(26)23-16-6-5-13-7-8-24(12-15(13)9-16)22(27)14-3-4-14/h5-6,9-11,14H,3-4,7-8,12H2,1-2H3,(H,23,26). The van der Waals surface area contributed by atoms with E-state index < -0.39 is 10.8 Å². The summed E-state index contributed by atoms with van der Waals surface area (Å²) >= 11 is 0. The highest BCUT2D eigenvalue weighted by Gasteiger charge is 2.34. The number of methoxy groups -OCH3 is 2. The highest BCUT2D eigenvalue weighted by molar-refractivity contribution is 6.07. The van der Waals surface area contributed by atoms with E-state index in [1.165, 1.54) is 26.4 Å². The van der Waals surface area contributed by atoms with Gasteiger partial charge in [-0.3, -0.25) is 19.7 Å². The lowest BCUT2D eigenvalue weighted by molar-refractivity contribution is -0.385. The Labute approximate surface area is 179 Å². The molecule has 1 aliphatic carbocycles. The molecule has 1 saturated carbocycles. The molecule has 162 valence electrons. The summed E-state index contributed by atoms with van der Waals surface area (Å²) in [5, 5.41) is 14.2. The van der Waals surface area contributed by atoms with Crippen LogP contribution in [0.2, 0.25) is 0 Å². The van der Waals surface area contributed by atoms with Crippen LogP contribution in [0.15, 0.2) is 30.3 Å². The average Bonchev–Trinajstić information content (AvgIpc) is 3.62. The second-order valence-electron chi connectivity index (χ2n) is 7.70. The first-order valence-electron chi connectivity index (χ1n) is 10.0. The fourth-order valence-corrected chi connectivity index (χ4v) is 3.81.